The third kappa shape index (κ3) is 2.61. The Hall–Kier alpha value is -1.07. The average molecular weight is 254 g/mol. The number of thiophene rings is 1. The van der Waals surface area contributed by atoms with Gasteiger partial charge in [0, 0.05) is 14.0 Å². The molecule has 3 N–H and O–H groups in total. The van der Waals surface area contributed by atoms with E-state index in [1.165, 1.54) is 17.8 Å². The second-order valence-corrected chi connectivity index (χ2v) is 5.46. The molecule has 1 saturated carbocycles. The summed E-state index contributed by atoms with van der Waals surface area (Å²) in [6.07, 6.45) is 3.63. The van der Waals surface area contributed by atoms with Gasteiger partial charge in [-0.2, -0.15) is 0 Å². The lowest BCUT2D eigenvalue weighted by Gasteiger charge is -2.19. The topological polar surface area (TPSA) is 64.3 Å². The molecule has 1 heterocycles. The minimum Gasteiger partial charge on any atom is -0.397 e. The fraction of sp³-hybridized carbons (Fsp3) is 0.583. The van der Waals surface area contributed by atoms with E-state index in [9.17, 15) is 4.79 Å². The van der Waals surface area contributed by atoms with E-state index in [0.717, 1.165) is 17.8 Å². The third-order valence-electron chi connectivity index (χ3n) is 3.16. The number of hydrogen-bond donors (Lipinski definition) is 2. The Morgan fingerprint density at radius 3 is 2.94 bits per heavy atom. The number of carbonyl (C=O) groups excluding carboxylic acids is 1. The molecule has 0 amide bonds. The van der Waals surface area contributed by atoms with Crippen LogP contribution in [0.25, 0.3) is 0 Å². The van der Waals surface area contributed by atoms with Crippen LogP contribution in [0, 0.1) is 0 Å². The molecular weight excluding hydrogens is 236 g/mol. The number of anilines is 2. The lowest BCUT2D eigenvalue weighted by atomic mass is 10.2. The first-order chi connectivity index (χ1) is 8.11. The number of rotatable bonds is 4. The van der Waals surface area contributed by atoms with Gasteiger partial charge in [-0.15, -0.1) is 11.3 Å². The van der Waals surface area contributed by atoms with Crippen molar-refractivity contribution >= 4 is 27.8 Å². The van der Waals surface area contributed by atoms with Crippen LogP contribution in [0.5, 0.6) is 0 Å². The molecule has 2 unspecified atom stereocenters. The Labute approximate surface area is 105 Å². The molecule has 1 fully saturated rings. The molecule has 4 nitrogen and oxygen atoms in total. The molecule has 1 aromatic rings. The predicted octanol–water partition coefficient (Wildman–Crippen LogP) is 2.51. The van der Waals surface area contributed by atoms with Crippen molar-refractivity contribution in [3.63, 3.8) is 0 Å². The molecule has 0 aliphatic heterocycles. The van der Waals surface area contributed by atoms with E-state index in [1.807, 2.05) is 6.07 Å². The second-order valence-electron chi connectivity index (χ2n) is 4.41. The number of Topliss-reactive ketones (excluding diaryl/α,β-unsaturated/α-hetero) is 1. The largest absolute Gasteiger partial charge is 0.397 e. The molecule has 0 spiro atoms. The standard InChI is InChI=1S/C12H18N2O2S/c1-7(15)12-8(13)6-11(17-12)14-9-4-3-5-10(9)16-2/h6,9-10,14H,3-5,13H2,1-2H3. The van der Waals surface area contributed by atoms with Crippen LogP contribution in [-0.2, 0) is 4.74 Å². The first kappa shape index (κ1) is 12.4. The van der Waals surface area contributed by atoms with E-state index >= 15 is 0 Å². The van der Waals surface area contributed by atoms with Gasteiger partial charge in [0.25, 0.3) is 0 Å². The van der Waals surface area contributed by atoms with Crippen LogP contribution in [-0.4, -0.2) is 25.0 Å². The highest BCUT2D eigenvalue weighted by Gasteiger charge is 2.27. The van der Waals surface area contributed by atoms with Gasteiger partial charge in [-0.05, 0) is 25.3 Å². The summed E-state index contributed by atoms with van der Waals surface area (Å²) in [5.41, 5.74) is 6.37. The van der Waals surface area contributed by atoms with Crippen molar-refractivity contribution in [2.24, 2.45) is 0 Å². The third-order valence-corrected chi connectivity index (χ3v) is 4.35. The number of carbonyl (C=O) groups is 1. The molecule has 5 heteroatoms. The maximum atomic E-state index is 11.3. The van der Waals surface area contributed by atoms with Gasteiger partial charge in [-0.25, -0.2) is 0 Å². The number of ether oxygens (including phenoxy) is 1. The lowest BCUT2D eigenvalue weighted by Crippen LogP contribution is -2.29. The minimum absolute atomic E-state index is 0.0234. The van der Waals surface area contributed by atoms with Crippen LogP contribution >= 0.6 is 11.3 Å². The number of ketones is 1. The maximum absolute atomic E-state index is 11.3. The van der Waals surface area contributed by atoms with Crippen LogP contribution in [0.4, 0.5) is 10.7 Å². The van der Waals surface area contributed by atoms with Gasteiger partial charge in [0.15, 0.2) is 5.78 Å². The summed E-state index contributed by atoms with van der Waals surface area (Å²) in [5, 5.41) is 4.38. The Kier molecular flexibility index (Phi) is 3.69. The van der Waals surface area contributed by atoms with Gasteiger partial charge < -0.3 is 15.8 Å². The smallest absolute Gasteiger partial charge is 0.171 e. The number of hydrogen-bond acceptors (Lipinski definition) is 5. The van der Waals surface area contributed by atoms with Crippen LogP contribution in [0.2, 0.25) is 0 Å². The van der Waals surface area contributed by atoms with Gasteiger partial charge in [-0.1, -0.05) is 0 Å². The van der Waals surface area contributed by atoms with Crippen molar-refractivity contribution in [2.45, 2.75) is 38.3 Å². The van der Waals surface area contributed by atoms with Crippen molar-refractivity contribution < 1.29 is 9.53 Å². The summed E-state index contributed by atoms with van der Waals surface area (Å²) in [6.45, 7) is 1.54. The molecule has 0 saturated heterocycles. The Morgan fingerprint density at radius 2 is 2.35 bits per heavy atom. The zero-order valence-electron chi connectivity index (χ0n) is 10.2. The van der Waals surface area contributed by atoms with Gasteiger partial charge in [-0.3, -0.25) is 4.79 Å². The van der Waals surface area contributed by atoms with Crippen LogP contribution < -0.4 is 11.1 Å². The van der Waals surface area contributed by atoms with E-state index in [4.69, 9.17) is 10.5 Å². The first-order valence-electron chi connectivity index (χ1n) is 5.81. The predicted molar refractivity (Wildman–Crippen MR) is 70.8 cm³/mol. The summed E-state index contributed by atoms with van der Waals surface area (Å²) in [7, 11) is 1.74. The van der Waals surface area contributed by atoms with E-state index in [-0.39, 0.29) is 11.9 Å². The Bertz CT molecular complexity index is 417. The fourth-order valence-corrected chi connectivity index (χ4v) is 3.24. The highest BCUT2D eigenvalue weighted by molar-refractivity contribution is 7.18. The monoisotopic (exact) mass is 254 g/mol. The lowest BCUT2D eigenvalue weighted by molar-refractivity contribution is 0.101. The summed E-state index contributed by atoms with van der Waals surface area (Å²) < 4.78 is 5.42. The summed E-state index contributed by atoms with van der Waals surface area (Å²) in [6, 6.07) is 2.17. The minimum atomic E-state index is 0.0234. The van der Waals surface area contributed by atoms with E-state index in [1.54, 1.807) is 14.0 Å². The van der Waals surface area contributed by atoms with Gasteiger partial charge in [0.2, 0.25) is 0 Å². The van der Waals surface area contributed by atoms with Gasteiger partial charge in [0.05, 0.1) is 27.7 Å². The highest BCUT2D eigenvalue weighted by Crippen LogP contribution is 2.32. The van der Waals surface area contributed by atoms with Crippen molar-refractivity contribution in [3.8, 4) is 0 Å². The quantitative estimate of drug-likeness (QED) is 0.810. The van der Waals surface area contributed by atoms with Crippen molar-refractivity contribution in [1.82, 2.24) is 0 Å². The normalized spacial score (nSPS) is 23.9. The Balaban J connectivity index is 2.08. The summed E-state index contributed by atoms with van der Waals surface area (Å²) in [4.78, 5) is 12.0. The molecule has 1 aromatic heterocycles. The number of nitrogen functional groups attached to an aromatic ring is 1. The summed E-state index contributed by atoms with van der Waals surface area (Å²) in [5.74, 6) is 0.0234. The molecule has 0 aromatic carbocycles. The van der Waals surface area contributed by atoms with Crippen LogP contribution in [0.3, 0.4) is 0 Å². The molecule has 2 atom stereocenters. The molecule has 1 aliphatic rings. The molecule has 17 heavy (non-hydrogen) atoms. The molecular formula is C12H18N2O2S. The molecule has 1 aliphatic carbocycles. The van der Waals surface area contributed by atoms with E-state index < -0.39 is 0 Å². The molecule has 94 valence electrons. The first-order valence-corrected chi connectivity index (χ1v) is 6.63. The Morgan fingerprint density at radius 1 is 1.59 bits per heavy atom. The number of methoxy groups -OCH3 is 1. The number of nitrogens with one attached hydrogen (secondary N) is 1. The van der Waals surface area contributed by atoms with E-state index in [0.29, 0.717) is 16.6 Å². The van der Waals surface area contributed by atoms with E-state index in [2.05, 4.69) is 5.32 Å². The van der Waals surface area contributed by atoms with Gasteiger partial charge in [0.1, 0.15) is 0 Å². The van der Waals surface area contributed by atoms with Crippen LogP contribution in [0.1, 0.15) is 35.9 Å². The zero-order chi connectivity index (χ0) is 12.4. The number of nitrogens with two attached hydrogens (primary N) is 1. The van der Waals surface area contributed by atoms with Crippen molar-refractivity contribution in [1.29, 1.82) is 0 Å². The maximum Gasteiger partial charge on any atom is 0.171 e. The fourth-order valence-electron chi connectivity index (χ4n) is 2.31. The zero-order valence-corrected chi connectivity index (χ0v) is 11.0. The summed E-state index contributed by atoms with van der Waals surface area (Å²) >= 11 is 1.43. The van der Waals surface area contributed by atoms with Crippen molar-refractivity contribution in [2.75, 3.05) is 18.2 Å². The average Bonchev–Trinajstić information content (AvgIpc) is 2.85. The SMILES string of the molecule is COC1CCCC1Nc1cc(N)c(C(C)=O)s1. The highest BCUT2D eigenvalue weighted by atomic mass is 32.1. The van der Waals surface area contributed by atoms with Crippen molar-refractivity contribution in [3.05, 3.63) is 10.9 Å². The molecule has 2 rings (SSSR count). The molecule has 0 bridgehead atoms. The molecule has 0 radical (unpaired) electrons. The van der Waals surface area contributed by atoms with Gasteiger partial charge >= 0.3 is 0 Å². The van der Waals surface area contributed by atoms with Crippen LogP contribution in [0.15, 0.2) is 6.07 Å². The second kappa shape index (κ2) is 5.06.